The summed E-state index contributed by atoms with van der Waals surface area (Å²) in [6, 6.07) is 15.5. The number of benzene rings is 2. The fraction of sp³-hybridized carbons (Fsp3) is 0.474. The van der Waals surface area contributed by atoms with Crippen LogP contribution < -0.4 is 11.3 Å². The van der Waals surface area contributed by atoms with Crippen LogP contribution in [0.3, 0.4) is 0 Å². The van der Waals surface area contributed by atoms with Crippen LogP contribution in [-0.4, -0.2) is 6.04 Å². The molecule has 2 aromatic carbocycles. The van der Waals surface area contributed by atoms with Gasteiger partial charge < -0.3 is 0 Å². The van der Waals surface area contributed by atoms with E-state index in [0.29, 0.717) is 12.0 Å². The molecule has 0 heterocycles. The van der Waals surface area contributed by atoms with Crippen molar-refractivity contribution in [1.29, 1.82) is 0 Å². The average molecular weight is 284 g/mol. The smallest absolute Gasteiger partial charge is 0.0279 e. The van der Waals surface area contributed by atoms with E-state index in [-0.39, 0.29) is 0 Å². The van der Waals surface area contributed by atoms with Crippen LogP contribution in [0.4, 0.5) is 0 Å². The molecule has 0 amide bonds. The van der Waals surface area contributed by atoms with Crippen LogP contribution in [0.5, 0.6) is 0 Å². The molecule has 2 rings (SSSR count). The Labute approximate surface area is 128 Å². The minimum absolute atomic E-state index is 0.354. The Kier molecular flexibility index (Phi) is 6.21. The van der Waals surface area contributed by atoms with Crippen molar-refractivity contribution in [2.24, 2.45) is 11.8 Å². The van der Waals surface area contributed by atoms with Gasteiger partial charge in [-0.15, -0.1) is 0 Å². The topological polar surface area (TPSA) is 38.0 Å². The fourth-order valence-electron chi connectivity index (χ4n) is 3.23. The first-order valence-corrected chi connectivity index (χ1v) is 8.22. The van der Waals surface area contributed by atoms with Gasteiger partial charge in [0.1, 0.15) is 0 Å². The molecule has 0 saturated heterocycles. The lowest BCUT2D eigenvalue weighted by molar-refractivity contribution is 0.319. The number of hydrogen-bond acceptors (Lipinski definition) is 2. The van der Waals surface area contributed by atoms with Crippen molar-refractivity contribution in [3.8, 4) is 0 Å². The van der Waals surface area contributed by atoms with Gasteiger partial charge in [0.25, 0.3) is 0 Å². The summed E-state index contributed by atoms with van der Waals surface area (Å²) in [7, 11) is 0. The zero-order valence-corrected chi connectivity index (χ0v) is 13.3. The molecule has 0 radical (unpaired) electrons. The zero-order chi connectivity index (χ0) is 15.1. The van der Waals surface area contributed by atoms with E-state index < -0.39 is 0 Å². The van der Waals surface area contributed by atoms with E-state index in [4.69, 9.17) is 5.84 Å². The zero-order valence-electron chi connectivity index (χ0n) is 13.3. The van der Waals surface area contributed by atoms with Crippen molar-refractivity contribution < 1.29 is 0 Å². The molecule has 0 bridgehead atoms. The number of nitrogens with two attached hydrogens (primary N) is 1. The first-order chi connectivity index (χ1) is 10.3. The third-order valence-electron chi connectivity index (χ3n) is 4.56. The Morgan fingerprint density at radius 1 is 1.05 bits per heavy atom. The molecule has 2 atom stereocenters. The summed E-state index contributed by atoms with van der Waals surface area (Å²) in [5, 5.41) is 2.66. The number of hydrazine groups is 1. The van der Waals surface area contributed by atoms with E-state index in [1.807, 2.05) is 0 Å². The first-order valence-electron chi connectivity index (χ1n) is 8.22. The van der Waals surface area contributed by atoms with Gasteiger partial charge in [-0.1, -0.05) is 75.6 Å². The summed E-state index contributed by atoms with van der Waals surface area (Å²) < 4.78 is 0. The molecule has 3 N–H and O–H groups in total. The van der Waals surface area contributed by atoms with Crippen LogP contribution in [0.25, 0.3) is 10.8 Å². The van der Waals surface area contributed by atoms with Crippen molar-refractivity contribution >= 4 is 10.8 Å². The number of fused-ring (bicyclic) bond motifs is 1. The van der Waals surface area contributed by atoms with Gasteiger partial charge in [-0.25, -0.2) is 0 Å². The molecule has 114 valence electrons. The van der Waals surface area contributed by atoms with E-state index in [1.165, 1.54) is 42.0 Å². The van der Waals surface area contributed by atoms with Crippen molar-refractivity contribution in [3.63, 3.8) is 0 Å². The molecule has 21 heavy (non-hydrogen) atoms. The van der Waals surface area contributed by atoms with Gasteiger partial charge >= 0.3 is 0 Å². The maximum atomic E-state index is 5.86. The lowest BCUT2D eigenvalue weighted by Crippen LogP contribution is -2.42. The Morgan fingerprint density at radius 2 is 1.81 bits per heavy atom. The second-order valence-corrected chi connectivity index (χ2v) is 5.93. The summed E-state index contributed by atoms with van der Waals surface area (Å²) >= 11 is 0. The van der Waals surface area contributed by atoms with E-state index in [1.54, 1.807) is 0 Å². The van der Waals surface area contributed by atoms with E-state index >= 15 is 0 Å². The van der Waals surface area contributed by atoms with Gasteiger partial charge in [0.15, 0.2) is 0 Å². The minimum Gasteiger partial charge on any atom is -0.271 e. The Hall–Kier alpha value is -1.38. The Balaban J connectivity index is 2.19. The predicted molar refractivity (Wildman–Crippen MR) is 92.1 cm³/mol. The van der Waals surface area contributed by atoms with Crippen molar-refractivity contribution in [3.05, 3.63) is 48.0 Å². The lowest BCUT2D eigenvalue weighted by Gasteiger charge is -2.26. The van der Waals surface area contributed by atoms with Crippen molar-refractivity contribution in [2.45, 2.75) is 52.0 Å². The van der Waals surface area contributed by atoms with Crippen LogP contribution in [0.1, 0.15) is 45.1 Å². The molecule has 0 aliphatic rings. The second kappa shape index (κ2) is 8.16. The Bertz CT molecular complexity index is 545. The van der Waals surface area contributed by atoms with E-state index in [0.717, 1.165) is 6.42 Å². The quantitative estimate of drug-likeness (QED) is 0.556. The maximum Gasteiger partial charge on any atom is 0.0279 e. The van der Waals surface area contributed by atoms with Gasteiger partial charge in [-0.3, -0.25) is 11.3 Å². The first kappa shape index (κ1) is 16.0. The summed E-state index contributed by atoms with van der Waals surface area (Å²) in [6.07, 6.45) is 5.97. The molecule has 2 aromatic rings. The van der Waals surface area contributed by atoms with E-state index in [9.17, 15) is 0 Å². The fourth-order valence-corrected chi connectivity index (χ4v) is 3.23. The molecule has 2 unspecified atom stereocenters. The minimum atomic E-state index is 0.354. The molecule has 0 aliphatic carbocycles. The third-order valence-corrected chi connectivity index (χ3v) is 4.56. The van der Waals surface area contributed by atoms with Gasteiger partial charge in [-0.2, -0.15) is 0 Å². The van der Waals surface area contributed by atoms with Gasteiger partial charge in [0, 0.05) is 6.04 Å². The number of rotatable bonds is 8. The number of nitrogens with one attached hydrogen (secondary N) is 1. The van der Waals surface area contributed by atoms with Crippen LogP contribution in [0, 0.1) is 5.92 Å². The molecule has 0 aromatic heterocycles. The molecular weight excluding hydrogens is 256 g/mol. The van der Waals surface area contributed by atoms with Crippen LogP contribution in [0.15, 0.2) is 42.5 Å². The highest BCUT2D eigenvalue weighted by Gasteiger charge is 2.19. The normalized spacial score (nSPS) is 14.2. The maximum absolute atomic E-state index is 5.86. The summed E-state index contributed by atoms with van der Waals surface area (Å²) in [5.74, 6) is 6.51. The third kappa shape index (κ3) is 4.05. The SMILES string of the molecule is CCCCC(CC)C(Cc1cccc2ccccc12)NN. The summed E-state index contributed by atoms with van der Waals surface area (Å²) in [5.41, 5.74) is 4.47. The molecular formula is C19H28N2. The highest BCUT2D eigenvalue weighted by atomic mass is 15.2. The largest absolute Gasteiger partial charge is 0.271 e. The van der Waals surface area contributed by atoms with Crippen LogP contribution in [-0.2, 0) is 6.42 Å². The van der Waals surface area contributed by atoms with Crippen molar-refractivity contribution in [1.82, 2.24) is 5.43 Å². The van der Waals surface area contributed by atoms with Gasteiger partial charge in [0.05, 0.1) is 0 Å². The predicted octanol–water partition coefficient (Wildman–Crippen LogP) is 4.43. The summed E-state index contributed by atoms with van der Waals surface area (Å²) in [4.78, 5) is 0. The monoisotopic (exact) mass is 284 g/mol. The van der Waals surface area contributed by atoms with Crippen LogP contribution >= 0.6 is 0 Å². The highest BCUT2D eigenvalue weighted by Crippen LogP contribution is 2.24. The van der Waals surface area contributed by atoms with Gasteiger partial charge in [0.2, 0.25) is 0 Å². The van der Waals surface area contributed by atoms with Crippen molar-refractivity contribution in [2.75, 3.05) is 0 Å². The second-order valence-electron chi connectivity index (χ2n) is 5.93. The molecule has 0 fully saturated rings. The molecule has 2 heteroatoms. The Morgan fingerprint density at radius 3 is 2.52 bits per heavy atom. The summed E-state index contributed by atoms with van der Waals surface area (Å²) in [6.45, 7) is 4.52. The molecule has 0 spiro atoms. The highest BCUT2D eigenvalue weighted by molar-refractivity contribution is 5.85. The van der Waals surface area contributed by atoms with Gasteiger partial charge in [-0.05, 0) is 35.1 Å². The standard InChI is InChI=1S/C19H28N2/c1-3-5-9-15(4-2)19(21-20)14-17-12-8-11-16-10-6-7-13-18(16)17/h6-8,10-13,15,19,21H,3-5,9,14,20H2,1-2H3. The molecule has 2 nitrogen and oxygen atoms in total. The molecule has 0 saturated carbocycles. The average Bonchev–Trinajstić information content (AvgIpc) is 2.54. The lowest BCUT2D eigenvalue weighted by atomic mass is 9.86. The molecule has 0 aliphatic heterocycles. The number of unbranched alkanes of at least 4 members (excludes halogenated alkanes) is 1. The number of hydrogen-bond donors (Lipinski definition) is 2. The van der Waals surface area contributed by atoms with Crippen LogP contribution in [0.2, 0.25) is 0 Å². The van der Waals surface area contributed by atoms with E-state index in [2.05, 4.69) is 61.7 Å².